The zero-order valence-electron chi connectivity index (χ0n) is 12.8. The summed E-state index contributed by atoms with van der Waals surface area (Å²) in [4.78, 5) is 0. The van der Waals surface area contributed by atoms with Crippen LogP contribution in [0.25, 0.3) is 0 Å². The smallest absolute Gasteiger partial charge is 0.0894 e. The SMILES string of the molecule is CCCCCCCCCCCCCF.CO.CS. The first-order valence-electron chi connectivity index (χ1n) is 7.37. The van der Waals surface area contributed by atoms with Crippen molar-refractivity contribution in [2.45, 2.75) is 77.6 Å². The summed E-state index contributed by atoms with van der Waals surface area (Å²) < 4.78 is 11.7. The molecule has 0 aliphatic rings. The molecule has 0 rings (SSSR count). The van der Waals surface area contributed by atoms with Gasteiger partial charge in [-0.3, -0.25) is 4.39 Å². The molecule has 0 fully saturated rings. The predicted molar refractivity (Wildman–Crippen MR) is 85.5 cm³/mol. The normalized spacial score (nSPS) is 9.00. The Kier molecular flexibility index (Phi) is 39.4. The number of rotatable bonds is 11. The molecule has 3 heteroatoms. The Morgan fingerprint density at radius 2 is 0.944 bits per heavy atom. The average molecular weight is 283 g/mol. The summed E-state index contributed by atoms with van der Waals surface area (Å²) in [6.45, 7) is 2.13. The highest BCUT2D eigenvalue weighted by atomic mass is 32.1. The number of unbranched alkanes of at least 4 members (excludes halogenated alkanes) is 10. The molecule has 0 unspecified atom stereocenters. The van der Waals surface area contributed by atoms with Crippen molar-refractivity contribution < 1.29 is 9.50 Å². The van der Waals surface area contributed by atoms with E-state index in [1.54, 1.807) is 6.26 Å². The summed E-state index contributed by atoms with van der Waals surface area (Å²) in [6.07, 6.45) is 15.8. The van der Waals surface area contributed by atoms with Crippen molar-refractivity contribution in [3.63, 3.8) is 0 Å². The van der Waals surface area contributed by atoms with Crippen molar-refractivity contribution in [2.75, 3.05) is 20.0 Å². The van der Waals surface area contributed by atoms with Crippen LogP contribution >= 0.6 is 12.6 Å². The van der Waals surface area contributed by atoms with E-state index in [9.17, 15) is 4.39 Å². The van der Waals surface area contributed by atoms with Gasteiger partial charge < -0.3 is 5.11 Å². The van der Waals surface area contributed by atoms with E-state index in [2.05, 4.69) is 19.6 Å². The van der Waals surface area contributed by atoms with Crippen molar-refractivity contribution in [2.24, 2.45) is 0 Å². The second-order valence-electron chi connectivity index (χ2n) is 4.22. The van der Waals surface area contributed by atoms with E-state index in [0.29, 0.717) is 0 Å². The Morgan fingerprint density at radius 3 is 1.22 bits per heavy atom. The number of hydrogen-bond donors (Lipinski definition) is 2. The number of alkyl halides is 1. The van der Waals surface area contributed by atoms with Gasteiger partial charge >= 0.3 is 0 Å². The van der Waals surface area contributed by atoms with E-state index in [0.717, 1.165) is 20.0 Å². The molecule has 0 aliphatic heterocycles. The lowest BCUT2D eigenvalue weighted by Gasteiger charge is -2.01. The van der Waals surface area contributed by atoms with Crippen molar-refractivity contribution >= 4 is 12.6 Å². The van der Waals surface area contributed by atoms with E-state index >= 15 is 0 Å². The topological polar surface area (TPSA) is 20.2 Å². The molecule has 0 aromatic rings. The van der Waals surface area contributed by atoms with Crippen LogP contribution in [-0.2, 0) is 0 Å². The van der Waals surface area contributed by atoms with Crippen LogP contribution in [0.1, 0.15) is 77.6 Å². The number of hydrogen-bond acceptors (Lipinski definition) is 2. The van der Waals surface area contributed by atoms with Crippen LogP contribution in [0.4, 0.5) is 4.39 Å². The summed E-state index contributed by atoms with van der Waals surface area (Å²) in [7, 11) is 1.00. The third-order valence-electron chi connectivity index (χ3n) is 2.74. The number of aliphatic hydroxyl groups is 1. The van der Waals surface area contributed by atoms with Crippen molar-refractivity contribution in [1.82, 2.24) is 0 Å². The average Bonchev–Trinajstić information content (AvgIpc) is 2.45. The molecule has 1 N–H and O–H groups in total. The van der Waals surface area contributed by atoms with Gasteiger partial charge in [-0.25, -0.2) is 0 Å². The molecule has 0 aromatic heterocycles. The monoisotopic (exact) mass is 282 g/mol. The molecule has 0 aliphatic carbocycles. The van der Waals surface area contributed by atoms with E-state index in [4.69, 9.17) is 5.11 Å². The highest BCUT2D eigenvalue weighted by Gasteiger charge is 1.92. The molecule has 0 aromatic carbocycles. The molecule has 114 valence electrons. The second-order valence-corrected chi connectivity index (χ2v) is 4.22. The van der Waals surface area contributed by atoms with Gasteiger partial charge in [0.2, 0.25) is 0 Å². The van der Waals surface area contributed by atoms with Crippen molar-refractivity contribution in [3.05, 3.63) is 0 Å². The molecule has 0 amide bonds. The maximum Gasteiger partial charge on any atom is 0.0894 e. The van der Waals surface area contributed by atoms with Crippen LogP contribution < -0.4 is 0 Å². The number of thiol groups is 1. The third kappa shape index (κ3) is 29.9. The Bertz CT molecular complexity index is 90.5. The molecule has 0 spiro atoms. The highest BCUT2D eigenvalue weighted by molar-refractivity contribution is 7.79. The maximum atomic E-state index is 11.7. The molecule has 0 radical (unpaired) electrons. The molecular weight excluding hydrogens is 247 g/mol. The first-order chi connectivity index (χ1) is 8.91. The molecule has 18 heavy (non-hydrogen) atoms. The Hall–Kier alpha value is 0.240. The van der Waals surface area contributed by atoms with Gasteiger partial charge in [-0.15, -0.1) is 0 Å². The summed E-state index contributed by atoms with van der Waals surface area (Å²) in [6, 6.07) is 0. The molecule has 0 heterocycles. The Balaban J connectivity index is -0.000000506. The van der Waals surface area contributed by atoms with Crippen LogP contribution in [-0.4, -0.2) is 25.1 Å². The molecular formula is C15H35FOS. The van der Waals surface area contributed by atoms with Gasteiger partial charge in [0.25, 0.3) is 0 Å². The van der Waals surface area contributed by atoms with Gasteiger partial charge in [0.1, 0.15) is 0 Å². The van der Waals surface area contributed by atoms with Gasteiger partial charge in [-0.1, -0.05) is 71.1 Å². The molecule has 0 saturated heterocycles. The fourth-order valence-corrected chi connectivity index (χ4v) is 1.76. The van der Waals surface area contributed by atoms with Crippen LogP contribution in [0.15, 0.2) is 0 Å². The Labute approximate surface area is 120 Å². The lowest BCUT2D eigenvalue weighted by molar-refractivity contribution is 0.399. The van der Waals surface area contributed by atoms with Crippen molar-refractivity contribution in [3.8, 4) is 0 Å². The third-order valence-corrected chi connectivity index (χ3v) is 2.74. The van der Waals surface area contributed by atoms with Gasteiger partial charge in [0.05, 0.1) is 6.67 Å². The summed E-state index contributed by atoms with van der Waals surface area (Å²) in [5.74, 6) is 0. The molecule has 0 atom stereocenters. The van der Waals surface area contributed by atoms with Crippen LogP contribution in [0, 0.1) is 0 Å². The standard InChI is InChI=1S/C13H27F.CH4O.CH4S/c1-2-3-4-5-6-7-8-9-10-11-12-13-14;2*1-2/h2-13H2,1H3;2*2H,1H3. The lowest BCUT2D eigenvalue weighted by atomic mass is 10.1. The van der Waals surface area contributed by atoms with E-state index in [1.807, 2.05) is 0 Å². The molecule has 0 saturated carbocycles. The largest absolute Gasteiger partial charge is 0.400 e. The number of aliphatic hydroxyl groups excluding tert-OH is 1. The van der Waals surface area contributed by atoms with E-state index < -0.39 is 0 Å². The molecule has 0 bridgehead atoms. The fraction of sp³-hybridized carbons (Fsp3) is 1.00. The molecule has 1 nitrogen and oxygen atoms in total. The maximum absolute atomic E-state index is 11.7. The fourth-order valence-electron chi connectivity index (χ4n) is 1.76. The zero-order valence-corrected chi connectivity index (χ0v) is 13.7. The van der Waals surface area contributed by atoms with E-state index in [1.165, 1.54) is 57.8 Å². The summed E-state index contributed by atoms with van der Waals surface area (Å²) in [5.41, 5.74) is 0. The van der Waals surface area contributed by atoms with Gasteiger partial charge in [-0.2, -0.15) is 12.6 Å². The summed E-state index contributed by atoms with van der Waals surface area (Å²) in [5, 5.41) is 7.00. The Morgan fingerprint density at radius 1 is 0.667 bits per heavy atom. The zero-order chi connectivity index (χ0) is 14.5. The van der Waals surface area contributed by atoms with Gasteiger partial charge in [0, 0.05) is 7.11 Å². The minimum absolute atomic E-state index is 0.128. The lowest BCUT2D eigenvalue weighted by Crippen LogP contribution is -1.82. The minimum Gasteiger partial charge on any atom is -0.400 e. The first kappa shape index (κ1) is 23.3. The first-order valence-corrected chi connectivity index (χ1v) is 8.26. The van der Waals surface area contributed by atoms with Gasteiger partial charge in [0.15, 0.2) is 0 Å². The van der Waals surface area contributed by atoms with Gasteiger partial charge in [-0.05, 0) is 12.7 Å². The van der Waals surface area contributed by atoms with Crippen molar-refractivity contribution in [1.29, 1.82) is 0 Å². The quantitative estimate of drug-likeness (QED) is 0.383. The minimum atomic E-state index is -0.128. The summed E-state index contributed by atoms with van der Waals surface area (Å²) >= 11 is 3.53. The highest BCUT2D eigenvalue weighted by Crippen LogP contribution is 2.11. The van der Waals surface area contributed by atoms with E-state index in [-0.39, 0.29) is 6.67 Å². The second kappa shape index (κ2) is 30.3. The number of halogens is 1. The van der Waals surface area contributed by atoms with Crippen LogP contribution in [0.3, 0.4) is 0 Å². The predicted octanol–water partition coefficient (Wildman–Crippen LogP) is 5.42. The van der Waals surface area contributed by atoms with Crippen LogP contribution in [0.2, 0.25) is 0 Å². The van der Waals surface area contributed by atoms with Crippen LogP contribution in [0.5, 0.6) is 0 Å².